The molecule has 244 valence electrons. The van der Waals surface area contributed by atoms with Crippen molar-refractivity contribution in [2.75, 3.05) is 37.7 Å². The SMILES string of the molecule is CCN(CC)CCN1C(=O)[C@@H](NC(=O)[C@H](C)NC(=O)COc2c(F)c(F)c(F)c(F)c2F)N=C(c2ccccn2)c2ccccc21. The lowest BCUT2D eigenvalue weighted by atomic mass is 10.0. The number of hydrogen-bond acceptors (Lipinski definition) is 7. The Hall–Kier alpha value is -4.92. The molecular weight excluding hydrogens is 615 g/mol. The first kappa shape index (κ1) is 34.0. The van der Waals surface area contributed by atoms with Crippen LogP contribution in [0.5, 0.6) is 5.75 Å². The van der Waals surface area contributed by atoms with Crippen molar-refractivity contribution < 1.29 is 41.1 Å². The first-order chi connectivity index (χ1) is 22.0. The Balaban J connectivity index is 1.55. The molecule has 1 aromatic heterocycles. The summed E-state index contributed by atoms with van der Waals surface area (Å²) in [4.78, 5) is 52.2. The number of nitrogens with zero attached hydrogens (tertiary/aromatic N) is 4. The molecule has 0 bridgehead atoms. The summed E-state index contributed by atoms with van der Waals surface area (Å²) in [5.41, 5.74) is 1.96. The van der Waals surface area contributed by atoms with Crippen molar-refractivity contribution in [3.05, 3.63) is 89.0 Å². The van der Waals surface area contributed by atoms with Gasteiger partial charge in [-0.05, 0) is 38.2 Å². The quantitative estimate of drug-likeness (QED) is 0.177. The van der Waals surface area contributed by atoms with Crippen LogP contribution in [0.2, 0.25) is 0 Å². The predicted molar refractivity (Wildman–Crippen MR) is 158 cm³/mol. The fraction of sp³-hybridized carbons (Fsp3) is 0.323. The summed E-state index contributed by atoms with van der Waals surface area (Å²) in [6.07, 6.45) is 0.114. The van der Waals surface area contributed by atoms with Crippen LogP contribution < -0.4 is 20.3 Å². The number of benzodiazepines with no additional fused rings is 1. The number of para-hydroxylation sites is 1. The monoisotopic (exact) mass is 646 g/mol. The normalized spacial score (nSPS) is 15.2. The van der Waals surface area contributed by atoms with Crippen LogP contribution >= 0.6 is 0 Å². The van der Waals surface area contributed by atoms with Crippen LogP contribution in [0.3, 0.4) is 0 Å². The molecule has 15 heteroatoms. The fourth-order valence-corrected chi connectivity index (χ4v) is 4.70. The molecule has 1 aliphatic rings. The van der Waals surface area contributed by atoms with E-state index in [2.05, 4.69) is 30.2 Å². The van der Waals surface area contributed by atoms with Gasteiger partial charge in [0.2, 0.25) is 41.2 Å². The number of carbonyl (C=O) groups excluding carboxylic acids is 3. The molecule has 2 heterocycles. The third kappa shape index (κ3) is 7.30. The van der Waals surface area contributed by atoms with Gasteiger partial charge in [-0.1, -0.05) is 38.1 Å². The second-order valence-electron chi connectivity index (χ2n) is 10.1. The zero-order valence-corrected chi connectivity index (χ0v) is 25.1. The Morgan fingerprint density at radius 1 is 0.957 bits per heavy atom. The number of pyridine rings is 1. The molecule has 2 N–H and O–H groups in total. The molecule has 10 nitrogen and oxygen atoms in total. The van der Waals surface area contributed by atoms with E-state index in [1.807, 2.05) is 13.8 Å². The van der Waals surface area contributed by atoms with E-state index in [0.29, 0.717) is 29.2 Å². The van der Waals surface area contributed by atoms with Gasteiger partial charge in [0.1, 0.15) is 6.04 Å². The number of anilines is 1. The lowest BCUT2D eigenvalue weighted by molar-refractivity contribution is -0.131. The van der Waals surface area contributed by atoms with Gasteiger partial charge in [0.25, 0.3) is 11.8 Å². The van der Waals surface area contributed by atoms with E-state index in [-0.39, 0.29) is 6.54 Å². The molecule has 3 aromatic rings. The van der Waals surface area contributed by atoms with E-state index in [1.54, 1.807) is 48.7 Å². The number of fused-ring (bicyclic) bond motifs is 1. The van der Waals surface area contributed by atoms with E-state index in [4.69, 9.17) is 0 Å². The van der Waals surface area contributed by atoms with Crippen molar-refractivity contribution >= 4 is 29.1 Å². The van der Waals surface area contributed by atoms with E-state index < -0.39 is 71.4 Å². The van der Waals surface area contributed by atoms with Crippen LogP contribution in [0.25, 0.3) is 0 Å². The Bertz CT molecular complexity index is 1610. The highest BCUT2D eigenvalue weighted by Crippen LogP contribution is 2.29. The van der Waals surface area contributed by atoms with E-state index >= 15 is 0 Å². The molecule has 0 radical (unpaired) electrons. The van der Waals surface area contributed by atoms with Crippen LogP contribution in [-0.4, -0.2) is 78.3 Å². The maximum absolute atomic E-state index is 14.0. The maximum Gasteiger partial charge on any atom is 0.272 e. The van der Waals surface area contributed by atoms with Gasteiger partial charge < -0.3 is 25.2 Å². The number of rotatable bonds is 12. The molecule has 0 saturated heterocycles. The smallest absolute Gasteiger partial charge is 0.272 e. The molecule has 1 aliphatic heterocycles. The summed E-state index contributed by atoms with van der Waals surface area (Å²) >= 11 is 0. The van der Waals surface area contributed by atoms with Gasteiger partial charge in [-0.25, -0.2) is 18.2 Å². The van der Waals surface area contributed by atoms with Gasteiger partial charge in [0.15, 0.2) is 12.4 Å². The van der Waals surface area contributed by atoms with E-state index in [1.165, 1.54) is 11.8 Å². The van der Waals surface area contributed by atoms with Crippen molar-refractivity contribution in [1.82, 2.24) is 20.5 Å². The van der Waals surface area contributed by atoms with Crippen molar-refractivity contribution in [2.24, 2.45) is 4.99 Å². The molecule has 0 saturated carbocycles. The Kier molecular flexibility index (Phi) is 11.0. The average molecular weight is 647 g/mol. The van der Waals surface area contributed by atoms with E-state index in [0.717, 1.165) is 13.1 Å². The highest BCUT2D eigenvalue weighted by Gasteiger charge is 2.34. The van der Waals surface area contributed by atoms with Crippen molar-refractivity contribution in [1.29, 1.82) is 0 Å². The van der Waals surface area contributed by atoms with Crippen LogP contribution in [0.4, 0.5) is 27.6 Å². The molecule has 4 rings (SSSR count). The lowest BCUT2D eigenvalue weighted by Crippen LogP contribution is -2.54. The number of ether oxygens (including phenoxy) is 1. The number of hydrogen-bond donors (Lipinski definition) is 2. The molecule has 3 amide bonds. The number of aliphatic imine (C=N–C) groups is 1. The molecule has 2 aromatic carbocycles. The highest BCUT2D eigenvalue weighted by molar-refractivity contribution is 6.19. The Labute approximate surface area is 261 Å². The minimum Gasteiger partial charge on any atom is -0.477 e. The third-order valence-electron chi connectivity index (χ3n) is 7.22. The fourth-order valence-electron chi connectivity index (χ4n) is 4.70. The largest absolute Gasteiger partial charge is 0.477 e. The Morgan fingerprint density at radius 2 is 1.59 bits per heavy atom. The minimum absolute atomic E-state index is 0.274. The van der Waals surface area contributed by atoms with Gasteiger partial charge >= 0.3 is 0 Å². The van der Waals surface area contributed by atoms with Crippen LogP contribution in [-0.2, 0) is 14.4 Å². The molecule has 0 spiro atoms. The number of benzene rings is 2. The lowest BCUT2D eigenvalue weighted by Gasteiger charge is -2.28. The molecule has 0 unspecified atom stereocenters. The molecule has 46 heavy (non-hydrogen) atoms. The summed E-state index contributed by atoms with van der Waals surface area (Å²) in [5, 5.41) is 4.73. The van der Waals surface area contributed by atoms with Crippen LogP contribution in [0.15, 0.2) is 53.7 Å². The number of amides is 3. The van der Waals surface area contributed by atoms with Gasteiger partial charge in [-0.3, -0.25) is 19.4 Å². The standard InChI is InChI=1S/C31H31F5N6O4/c1-4-41(5-2)14-15-42-20-12-7-6-10-18(20)27(19-11-8-9-13-37-19)39-29(31(42)45)40-30(44)17(3)38-21(43)16-46-28-25(35)23(33)22(32)24(34)26(28)36/h6-13,17,29H,4-5,14-16H2,1-3H3,(H,38,43)(H,40,44)/t17-,29+/m0/s1. The number of halogens is 5. The maximum atomic E-state index is 14.0. The summed E-state index contributed by atoms with van der Waals surface area (Å²) in [6.45, 7) is 6.37. The van der Waals surface area contributed by atoms with E-state index in [9.17, 15) is 36.3 Å². The molecule has 2 atom stereocenters. The molecular formula is C31H31F5N6O4. The highest BCUT2D eigenvalue weighted by atomic mass is 19.2. The summed E-state index contributed by atoms with van der Waals surface area (Å²) in [7, 11) is 0. The number of likely N-dealkylation sites (N-methyl/N-ethyl adjacent to an activating group) is 1. The zero-order chi connectivity index (χ0) is 33.5. The van der Waals surface area contributed by atoms with Gasteiger partial charge in [-0.2, -0.15) is 8.78 Å². The van der Waals surface area contributed by atoms with Crippen molar-refractivity contribution in [3.63, 3.8) is 0 Å². The Morgan fingerprint density at radius 3 is 2.22 bits per heavy atom. The number of nitrogens with one attached hydrogen (secondary N) is 2. The van der Waals surface area contributed by atoms with Crippen LogP contribution in [0, 0.1) is 29.1 Å². The first-order valence-electron chi connectivity index (χ1n) is 14.3. The summed E-state index contributed by atoms with van der Waals surface area (Å²) in [6, 6.07) is 10.9. The van der Waals surface area contributed by atoms with Gasteiger partial charge in [0.05, 0.1) is 17.1 Å². The third-order valence-corrected chi connectivity index (χ3v) is 7.22. The zero-order valence-electron chi connectivity index (χ0n) is 25.1. The second-order valence-corrected chi connectivity index (χ2v) is 10.1. The van der Waals surface area contributed by atoms with Gasteiger partial charge in [-0.15, -0.1) is 0 Å². The summed E-state index contributed by atoms with van der Waals surface area (Å²) < 4.78 is 72.6. The van der Waals surface area contributed by atoms with Gasteiger partial charge in [0, 0.05) is 24.8 Å². The van der Waals surface area contributed by atoms with Crippen molar-refractivity contribution in [3.8, 4) is 5.75 Å². The van der Waals surface area contributed by atoms with Crippen LogP contribution in [0.1, 0.15) is 32.0 Å². The number of aromatic nitrogens is 1. The first-order valence-corrected chi connectivity index (χ1v) is 14.3. The molecule has 0 aliphatic carbocycles. The number of carbonyl (C=O) groups is 3. The molecule has 0 fully saturated rings. The second kappa shape index (κ2) is 14.9. The topological polar surface area (TPSA) is 116 Å². The minimum atomic E-state index is -2.38. The average Bonchev–Trinajstić information content (AvgIpc) is 3.17. The van der Waals surface area contributed by atoms with Crippen molar-refractivity contribution in [2.45, 2.75) is 33.0 Å². The predicted octanol–water partition coefficient (Wildman–Crippen LogP) is 3.33. The summed E-state index contributed by atoms with van der Waals surface area (Å²) in [5.74, 6) is -15.5.